The lowest BCUT2D eigenvalue weighted by atomic mass is 10.1. The first-order valence-corrected chi connectivity index (χ1v) is 9.93. The van der Waals surface area contributed by atoms with Gasteiger partial charge in [-0.05, 0) is 54.3 Å². The molecular formula is C23H19NO4S. The molecule has 1 aliphatic heterocycles. The first-order valence-electron chi connectivity index (χ1n) is 9.05. The Balaban J connectivity index is 1.59. The molecule has 0 amide bonds. The Morgan fingerprint density at radius 1 is 1.10 bits per heavy atom. The third kappa shape index (κ3) is 3.67. The van der Waals surface area contributed by atoms with Crippen LogP contribution in [0.4, 0.5) is 5.69 Å². The maximum absolute atomic E-state index is 12.7. The van der Waals surface area contributed by atoms with Crippen LogP contribution in [0.5, 0.6) is 11.5 Å². The van der Waals surface area contributed by atoms with Gasteiger partial charge in [-0.3, -0.25) is 4.79 Å². The van der Waals surface area contributed by atoms with Crippen molar-refractivity contribution in [3.05, 3.63) is 81.2 Å². The maximum Gasteiger partial charge on any atom is 0.353 e. The van der Waals surface area contributed by atoms with Crippen molar-refractivity contribution < 1.29 is 19.1 Å². The van der Waals surface area contributed by atoms with E-state index in [-0.39, 0.29) is 11.5 Å². The van der Waals surface area contributed by atoms with Gasteiger partial charge in [-0.15, -0.1) is 11.3 Å². The number of carbonyl (C=O) groups excluding carboxylic acids is 2. The van der Waals surface area contributed by atoms with Crippen molar-refractivity contribution in [2.75, 3.05) is 19.0 Å². The highest BCUT2D eigenvalue weighted by molar-refractivity contribution is 7.12. The fourth-order valence-electron chi connectivity index (χ4n) is 3.04. The van der Waals surface area contributed by atoms with E-state index in [1.807, 2.05) is 48.6 Å². The number of rotatable bonds is 4. The molecule has 1 aliphatic rings. The topological polar surface area (TPSA) is 55.8 Å². The summed E-state index contributed by atoms with van der Waals surface area (Å²) in [5.74, 6) is 0.455. The van der Waals surface area contributed by atoms with Crippen LogP contribution >= 0.6 is 11.3 Å². The first kappa shape index (κ1) is 19.0. The van der Waals surface area contributed by atoms with Crippen molar-refractivity contribution in [1.29, 1.82) is 0 Å². The molecule has 3 aromatic rings. The Labute approximate surface area is 172 Å². The molecule has 29 heavy (non-hydrogen) atoms. The van der Waals surface area contributed by atoms with E-state index in [0.717, 1.165) is 11.3 Å². The normalized spacial score (nSPS) is 13.9. The largest absolute Gasteiger partial charge is 0.452 e. The molecule has 0 saturated carbocycles. The lowest BCUT2D eigenvalue weighted by Crippen LogP contribution is -2.08. The number of fused-ring (bicyclic) bond motifs is 1. The second-order valence-electron chi connectivity index (χ2n) is 6.86. The summed E-state index contributed by atoms with van der Waals surface area (Å²) in [5, 5.41) is 1.82. The van der Waals surface area contributed by atoms with Crippen LogP contribution in [0.25, 0.3) is 6.08 Å². The van der Waals surface area contributed by atoms with Crippen LogP contribution in [0.15, 0.2) is 59.7 Å². The number of Topliss-reactive ketones (excluding diaryl/α,β-unsaturated/α-hetero) is 1. The highest BCUT2D eigenvalue weighted by Gasteiger charge is 2.30. The monoisotopic (exact) mass is 405 g/mol. The van der Waals surface area contributed by atoms with Gasteiger partial charge < -0.3 is 14.4 Å². The Kier molecular flexibility index (Phi) is 4.94. The highest BCUT2D eigenvalue weighted by Crippen LogP contribution is 2.39. The van der Waals surface area contributed by atoms with Crippen molar-refractivity contribution >= 4 is 34.9 Å². The number of hydrogen-bond donors (Lipinski definition) is 0. The van der Waals surface area contributed by atoms with Crippen LogP contribution in [0.3, 0.4) is 0 Å². The number of ketones is 1. The van der Waals surface area contributed by atoms with Crippen LogP contribution in [-0.4, -0.2) is 25.8 Å². The maximum atomic E-state index is 12.7. The molecule has 0 spiro atoms. The van der Waals surface area contributed by atoms with E-state index in [1.165, 1.54) is 11.3 Å². The van der Waals surface area contributed by atoms with Gasteiger partial charge in [-0.1, -0.05) is 18.2 Å². The summed E-state index contributed by atoms with van der Waals surface area (Å²) in [5.41, 5.74) is 3.03. The average molecular weight is 405 g/mol. The SMILES string of the molecule is Cc1c(OC(=O)c2cccs2)ccc2c1O/C(=C\c1ccc(N(C)C)cc1)C2=O. The van der Waals surface area contributed by atoms with Crippen molar-refractivity contribution in [2.45, 2.75) is 6.92 Å². The molecule has 4 rings (SSSR count). The molecule has 0 bridgehead atoms. The summed E-state index contributed by atoms with van der Waals surface area (Å²) in [6, 6.07) is 14.6. The molecule has 0 saturated heterocycles. The number of ether oxygens (including phenoxy) is 2. The summed E-state index contributed by atoms with van der Waals surface area (Å²) < 4.78 is 11.4. The van der Waals surface area contributed by atoms with Crippen molar-refractivity contribution in [3.63, 3.8) is 0 Å². The van der Waals surface area contributed by atoms with Crippen LogP contribution < -0.4 is 14.4 Å². The third-order valence-corrected chi connectivity index (χ3v) is 5.52. The average Bonchev–Trinajstić information content (AvgIpc) is 3.34. The zero-order valence-corrected chi connectivity index (χ0v) is 17.1. The molecule has 1 aromatic heterocycles. The first-order chi connectivity index (χ1) is 13.9. The molecular weight excluding hydrogens is 386 g/mol. The summed E-state index contributed by atoms with van der Waals surface area (Å²) in [6.45, 7) is 1.78. The second kappa shape index (κ2) is 7.56. The molecule has 5 nitrogen and oxygen atoms in total. The number of benzene rings is 2. The van der Waals surface area contributed by atoms with E-state index in [9.17, 15) is 9.59 Å². The molecule has 6 heteroatoms. The number of thiophene rings is 1. The number of nitrogens with zero attached hydrogens (tertiary/aromatic N) is 1. The smallest absolute Gasteiger partial charge is 0.353 e. The molecule has 2 heterocycles. The van der Waals surface area contributed by atoms with Gasteiger partial charge in [0.25, 0.3) is 0 Å². The van der Waals surface area contributed by atoms with E-state index in [4.69, 9.17) is 9.47 Å². The van der Waals surface area contributed by atoms with Gasteiger partial charge in [0.2, 0.25) is 5.78 Å². The minimum absolute atomic E-state index is 0.184. The fraction of sp³-hybridized carbons (Fsp3) is 0.130. The van der Waals surface area contributed by atoms with Crippen LogP contribution in [0.2, 0.25) is 0 Å². The Hall–Kier alpha value is -3.38. The third-order valence-electron chi connectivity index (χ3n) is 4.67. The second-order valence-corrected chi connectivity index (χ2v) is 7.81. The minimum Gasteiger partial charge on any atom is -0.452 e. The summed E-state index contributed by atoms with van der Waals surface area (Å²) in [4.78, 5) is 27.5. The lowest BCUT2D eigenvalue weighted by Gasteiger charge is -2.12. The van der Waals surface area contributed by atoms with E-state index in [2.05, 4.69) is 0 Å². The lowest BCUT2D eigenvalue weighted by molar-refractivity contribution is 0.0738. The van der Waals surface area contributed by atoms with Gasteiger partial charge in [-0.25, -0.2) is 4.79 Å². The van der Waals surface area contributed by atoms with Gasteiger partial charge in [0.15, 0.2) is 5.76 Å². The predicted octanol–water partition coefficient (Wildman–Crippen LogP) is 4.96. The van der Waals surface area contributed by atoms with Crippen LogP contribution in [-0.2, 0) is 0 Å². The molecule has 0 atom stereocenters. The van der Waals surface area contributed by atoms with Gasteiger partial charge in [0.05, 0.1) is 5.56 Å². The molecule has 146 valence electrons. The molecule has 0 fully saturated rings. The Bertz CT molecular complexity index is 1110. The fourth-order valence-corrected chi connectivity index (χ4v) is 3.64. The molecule has 0 unspecified atom stereocenters. The van der Waals surface area contributed by atoms with Gasteiger partial charge in [-0.2, -0.15) is 0 Å². The number of esters is 1. The summed E-state index contributed by atoms with van der Waals surface area (Å²) in [7, 11) is 3.94. The molecule has 0 aliphatic carbocycles. The van der Waals surface area contributed by atoms with E-state index in [1.54, 1.807) is 37.3 Å². The summed E-state index contributed by atoms with van der Waals surface area (Å²) in [6.07, 6.45) is 1.72. The highest BCUT2D eigenvalue weighted by atomic mass is 32.1. The molecule has 2 aromatic carbocycles. The molecule has 0 radical (unpaired) electrons. The van der Waals surface area contributed by atoms with Crippen LogP contribution in [0, 0.1) is 6.92 Å². The van der Waals surface area contributed by atoms with E-state index in [0.29, 0.717) is 27.5 Å². The van der Waals surface area contributed by atoms with Crippen molar-refractivity contribution in [2.24, 2.45) is 0 Å². The Morgan fingerprint density at radius 2 is 1.86 bits per heavy atom. The number of anilines is 1. The van der Waals surface area contributed by atoms with Crippen LogP contribution in [0.1, 0.15) is 31.2 Å². The quantitative estimate of drug-likeness (QED) is 0.349. The van der Waals surface area contributed by atoms with Crippen molar-refractivity contribution in [3.8, 4) is 11.5 Å². The predicted molar refractivity (Wildman–Crippen MR) is 114 cm³/mol. The van der Waals surface area contributed by atoms with Gasteiger partial charge >= 0.3 is 5.97 Å². The minimum atomic E-state index is -0.427. The number of carbonyl (C=O) groups is 2. The van der Waals surface area contributed by atoms with Gasteiger partial charge in [0, 0.05) is 25.3 Å². The standard InChI is InChI=1S/C23H19NO4S/c1-14-18(28-23(26)20-5-4-12-29-20)11-10-17-21(25)19(27-22(14)17)13-15-6-8-16(9-7-15)24(2)3/h4-13H,1-3H3/b19-13-. The van der Waals surface area contributed by atoms with E-state index < -0.39 is 5.97 Å². The van der Waals surface area contributed by atoms with E-state index >= 15 is 0 Å². The number of allylic oxidation sites excluding steroid dienone is 1. The molecule has 0 N–H and O–H groups in total. The zero-order valence-electron chi connectivity index (χ0n) is 16.3. The van der Waals surface area contributed by atoms with Crippen molar-refractivity contribution in [1.82, 2.24) is 0 Å². The zero-order chi connectivity index (χ0) is 20.5. The van der Waals surface area contributed by atoms with Gasteiger partial charge in [0.1, 0.15) is 16.4 Å². The number of hydrogen-bond acceptors (Lipinski definition) is 6. The Morgan fingerprint density at radius 3 is 2.52 bits per heavy atom. The summed E-state index contributed by atoms with van der Waals surface area (Å²) >= 11 is 1.31.